The highest BCUT2D eigenvalue weighted by atomic mass is 127. The van der Waals surface area contributed by atoms with Crippen molar-refractivity contribution in [3.8, 4) is 0 Å². The Morgan fingerprint density at radius 2 is 2.14 bits per heavy atom. The van der Waals surface area contributed by atoms with E-state index in [2.05, 4.69) is 10.2 Å². The molecule has 1 aromatic carbocycles. The minimum atomic E-state index is -0.331. The van der Waals surface area contributed by atoms with Gasteiger partial charge in [-0.25, -0.2) is 4.39 Å². The van der Waals surface area contributed by atoms with Crippen LogP contribution in [0.25, 0.3) is 0 Å². The Hall–Kier alpha value is -0.800. The number of benzene rings is 1. The number of carbonyl (C=O) groups is 1. The van der Waals surface area contributed by atoms with Crippen molar-refractivity contribution in [2.45, 2.75) is 18.9 Å². The molecule has 0 aliphatic carbocycles. The number of halogens is 2. The Balaban J connectivity index is 1.88. The molecule has 1 fully saturated rings. The third kappa shape index (κ3) is 4.86. The maximum Gasteiger partial charge on any atom is 0.252 e. The molecule has 7 heteroatoms. The third-order valence-electron chi connectivity index (χ3n) is 3.48. The van der Waals surface area contributed by atoms with E-state index in [0.717, 1.165) is 25.9 Å². The van der Waals surface area contributed by atoms with Crippen LogP contribution >= 0.6 is 34.8 Å². The molecule has 1 aliphatic rings. The molecule has 1 heterocycles. The number of nitrogens with zero attached hydrogens (tertiary/aromatic N) is 1. The first-order valence-corrected chi connectivity index (χ1v) is 8.21. The Labute approximate surface area is 142 Å². The van der Waals surface area contributed by atoms with Gasteiger partial charge in [-0.15, -0.1) is 0 Å². The number of carbonyl (C=O) groups excluding carboxylic acids is 1. The van der Waals surface area contributed by atoms with Crippen molar-refractivity contribution in [3.05, 3.63) is 33.1 Å². The standard InChI is InChI=1S/C14H17FIN3OS/c15-9-1-2-11(12(16)7-9)14(20)18-10-3-5-19(6-4-10)8-13(17)21/h1-2,7,10H,3-6,8H2,(H2,17,21)(H,18,20). The number of nitrogens with two attached hydrogens (primary N) is 1. The summed E-state index contributed by atoms with van der Waals surface area (Å²) >= 11 is 6.87. The van der Waals surface area contributed by atoms with Crippen LogP contribution in [0.2, 0.25) is 0 Å². The molecule has 1 aliphatic heterocycles. The van der Waals surface area contributed by atoms with E-state index in [0.29, 0.717) is 20.7 Å². The zero-order valence-corrected chi connectivity index (χ0v) is 14.4. The first kappa shape index (κ1) is 16.6. The fourth-order valence-electron chi connectivity index (χ4n) is 2.39. The van der Waals surface area contributed by atoms with Gasteiger partial charge in [-0.3, -0.25) is 9.69 Å². The second kappa shape index (κ2) is 7.46. The van der Waals surface area contributed by atoms with E-state index in [-0.39, 0.29) is 17.8 Å². The zero-order valence-electron chi connectivity index (χ0n) is 11.4. The fourth-order valence-corrected chi connectivity index (χ4v) is 3.30. The molecular weight excluding hydrogens is 404 g/mol. The molecule has 0 spiro atoms. The molecule has 0 saturated carbocycles. The summed E-state index contributed by atoms with van der Waals surface area (Å²) in [7, 11) is 0. The smallest absolute Gasteiger partial charge is 0.252 e. The second-order valence-electron chi connectivity index (χ2n) is 5.11. The highest BCUT2D eigenvalue weighted by Crippen LogP contribution is 2.16. The van der Waals surface area contributed by atoms with Crippen LogP contribution in [0, 0.1) is 9.39 Å². The Bertz CT molecular complexity index is 547. The van der Waals surface area contributed by atoms with Gasteiger partial charge in [0.25, 0.3) is 5.91 Å². The average Bonchev–Trinajstić information content (AvgIpc) is 2.40. The van der Waals surface area contributed by atoms with Crippen molar-refractivity contribution >= 4 is 45.7 Å². The van der Waals surface area contributed by atoms with Crippen LogP contribution in [-0.4, -0.2) is 41.5 Å². The van der Waals surface area contributed by atoms with E-state index >= 15 is 0 Å². The van der Waals surface area contributed by atoms with Crippen LogP contribution < -0.4 is 11.1 Å². The normalized spacial score (nSPS) is 16.7. The maximum absolute atomic E-state index is 13.1. The van der Waals surface area contributed by atoms with Crippen molar-refractivity contribution < 1.29 is 9.18 Å². The van der Waals surface area contributed by atoms with Crippen LogP contribution in [0.3, 0.4) is 0 Å². The molecule has 2 rings (SSSR count). The van der Waals surface area contributed by atoms with Gasteiger partial charge in [0.1, 0.15) is 5.82 Å². The number of amides is 1. The van der Waals surface area contributed by atoms with E-state index < -0.39 is 0 Å². The van der Waals surface area contributed by atoms with Gasteiger partial charge < -0.3 is 11.1 Å². The van der Waals surface area contributed by atoms with Crippen molar-refractivity contribution in [2.75, 3.05) is 19.6 Å². The minimum absolute atomic E-state index is 0.140. The van der Waals surface area contributed by atoms with Crippen LogP contribution in [-0.2, 0) is 0 Å². The van der Waals surface area contributed by atoms with E-state index in [4.69, 9.17) is 18.0 Å². The highest BCUT2D eigenvalue weighted by Gasteiger charge is 2.22. The number of hydrogen-bond donors (Lipinski definition) is 2. The molecule has 0 radical (unpaired) electrons. The van der Waals surface area contributed by atoms with Crippen LogP contribution in [0.4, 0.5) is 4.39 Å². The van der Waals surface area contributed by atoms with Gasteiger partial charge in [0.05, 0.1) is 10.6 Å². The van der Waals surface area contributed by atoms with E-state index in [9.17, 15) is 9.18 Å². The van der Waals surface area contributed by atoms with Gasteiger partial charge in [-0.1, -0.05) is 12.2 Å². The third-order valence-corrected chi connectivity index (χ3v) is 4.50. The lowest BCUT2D eigenvalue weighted by Crippen LogP contribution is -2.46. The second-order valence-corrected chi connectivity index (χ2v) is 6.80. The first-order valence-electron chi connectivity index (χ1n) is 6.72. The quantitative estimate of drug-likeness (QED) is 0.576. The molecule has 114 valence electrons. The highest BCUT2D eigenvalue weighted by molar-refractivity contribution is 14.1. The van der Waals surface area contributed by atoms with Crippen molar-refractivity contribution in [3.63, 3.8) is 0 Å². The molecule has 21 heavy (non-hydrogen) atoms. The number of likely N-dealkylation sites (tertiary alicyclic amines) is 1. The lowest BCUT2D eigenvalue weighted by molar-refractivity contribution is 0.0914. The molecule has 3 N–H and O–H groups in total. The monoisotopic (exact) mass is 421 g/mol. The number of piperidine rings is 1. The molecule has 0 atom stereocenters. The van der Waals surface area contributed by atoms with Crippen LogP contribution in [0.15, 0.2) is 18.2 Å². The number of thiocarbonyl (C=S) groups is 1. The summed E-state index contributed by atoms with van der Waals surface area (Å²) in [6.45, 7) is 2.36. The predicted molar refractivity (Wildman–Crippen MR) is 92.8 cm³/mol. The van der Waals surface area contributed by atoms with Gasteiger partial charge in [-0.2, -0.15) is 0 Å². The predicted octanol–water partition coefficient (Wildman–Crippen LogP) is 1.91. The molecule has 1 aromatic rings. The summed E-state index contributed by atoms with van der Waals surface area (Å²) < 4.78 is 13.7. The molecular formula is C14H17FIN3OS. The van der Waals surface area contributed by atoms with Crippen LogP contribution in [0.1, 0.15) is 23.2 Å². The summed E-state index contributed by atoms with van der Waals surface area (Å²) in [6.07, 6.45) is 1.73. The van der Waals surface area contributed by atoms with Crippen LogP contribution in [0.5, 0.6) is 0 Å². The molecule has 0 aromatic heterocycles. The lowest BCUT2D eigenvalue weighted by atomic mass is 10.0. The molecule has 1 saturated heterocycles. The number of nitrogens with one attached hydrogen (secondary N) is 1. The average molecular weight is 421 g/mol. The zero-order chi connectivity index (χ0) is 15.4. The Morgan fingerprint density at radius 3 is 2.71 bits per heavy atom. The van der Waals surface area contributed by atoms with Gasteiger partial charge in [0, 0.05) is 29.2 Å². The number of rotatable bonds is 4. The summed E-state index contributed by atoms with van der Waals surface area (Å²) in [5.41, 5.74) is 6.05. The summed E-state index contributed by atoms with van der Waals surface area (Å²) in [5, 5.41) is 3.01. The van der Waals surface area contributed by atoms with E-state index in [1.54, 1.807) is 0 Å². The van der Waals surface area contributed by atoms with Crippen molar-refractivity contribution in [1.29, 1.82) is 0 Å². The largest absolute Gasteiger partial charge is 0.392 e. The Morgan fingerprint density at radius 1 is 1.48 bits per heavy atom. The molecule has 0 unspecified atom stereocenters. The van der Waals surface area contributed by atoms with Crippen molar-refractivity contribution in [1.82, 2.24) is 10.2 Å². The Kier molecular flexibility index (Phi) is 5.88. The van der Waals surface area contributed by atoms with Gasteiger partial charge in [0.15, 0.2) is 0 Å². The van der Waals surface area contributed by atoms with E-state index in [1.807, 2.05) is 22.6 Å². The SMILES string of the molecule is NC(=S)CN1CCC(NC(=O)c2ccc(F)cc2I)CC1. The molecule has 1 amide bonds. The van der Waals surface area contributed by atoms with Gasteiger partial charge in [0.2, 0.25) is 0 Å². The maximum atomic E-state index is 13.1. The lowest BCUT2D eigenvalue weighted by Gasteiger charge is -2.32. The topological polar surface area (TPSA) is 58.4 Å². The molecule has 4 nitrogen and oxygen atoms in total. The van der Waals surface area contributed by atoms with Gasteiger partial charge >= 0.3 is 0 Å². The van der Waals surface area contributed by atoms with Gasteiger partial charge in [-0.05, 0) is 53.6 Å². The number of hydrogen-bond acceptors (Lipinski definition) is 3. The minimum Gasteiger partial charge on any atom is -0.392 e. The fraction of sp³-hybridized carbons (Fsp3) is 0.429. The summed E-state index contributed by atoms with van der Waals surface area (Å²) in [4.78, 5) is 14.9. The first-order chi connectivity index (χ1) is 9.95. The van der Waals surface area contributed by atoms with E-state index in [1.165, 1.54) is 18.2 Å². The summed E-state index contributed by atoms with van der Waals surface area (Å²) in [5.74, 6) is -0.478. The summed E-state index contributed by atoms with van der Waals surface area (Å²) in [6, 6.07) is 4.33. The molecule has 0 bridgehead atoms. The van der Waals surface area contributed by atoms with Crippen molar-refractivity contribution in [2.24, 2.45) is 5.73 Å².